The summed E-state index contributed by atoms with van der Waals surface area (Å²) in [6.45, 7) is 10.2. The van der Waals surface area contributed by atoms with Crippen LogP contribution in [0.3, 0.4) is 0 Å². The lowest BCUT2D eigenvalue weighted by molar-refractivity contribution is 0.0810. The average molecular weight is 421 g/mol. The van der Waals surface area contributed by atoms with Gasteiger partial charge in [0.05, 0.1) is 0 Å². The molecule has 31 heavy (non-hydrogen) atoms. The molecular weight excluding hydrogens is 388 g/mol. The standard InChI is InChI=1S/C24H32N6O/c1-18-26-22-21(7-10-25-24(22)31)23(27-18)30-11-8-20(9-12-30)29-15-13-28(14-16-29)17-19-5-3-2-4-6-19/h2-6,20H,7-17H2,1H3,(H,25,31). The Bertz CT molecular complexity index is 917. The zero-order chi connectivity index (χ0) is 21.2. The second-order valence-electron chi connectivity index (χ2n) is 8.94. The van der Waals surface area contributed by atoms with Crippen LogP contribution in [0.4, 0.5) is 5.82 Å². The largest absolute Gasteiger partial charge is 0.356 e. The number of piperidine rings is 1. The maximum atomic E-state index is 12.2. The highest BCUT2D eigenvalue weighted by molar-refractivity contribution is 5.96. The van der Waals surface area contributed by atoms with Crippen molar-refractivity contribution in [3.63, 3.8) is 0 Å². The summed E-state index contributed by atoms with van der Waals surface area (Å²) in [5, 5.41) is 2.91. The Kier molecular flexibility index (Phi) is 5.87. The summed E-state index contributed by atoms with van der Waals surface area (Å²) in [5.41, 5.74) is 3.01. The fourth-order valence-electron chi connectivity index (χ4n) is 5.22. The Morgan fingerprint density at radius 1 is 1.00 bits per heavy atom. The number of hydrogen-bond donors (Lipinski definition) is 1. The van der Waals surface area contributed by atoms with Crippen LogP contribution in [0.25, 0.3) is 0 Å². The minimum atomic E-state index is -0.0590. The Morgan fingerprint density at radius 2 is 1.74 bits per heavy atom. The fourth-order valence-corrected chi connectivity index (χ4v) is 5.22. The lowest BCUT2D eigenvalue weighted by atomic mass is 10.00. The van der Waals surface area contributed by atoms with E-state index in [4.69, 9.17) is 4.98 Å². The van der Waals surface area contributed by atoms with Crippen molar-refractivity contribution < 1.29 is 4.79 Å². The molecular formula is C24H32N6O. The van der Waals surface area contributed by atoms with Crippen molar-refractivity contribution in [1.29, 1.82) is 0 Å². The minimum absolute atomic E-state index is 0.0590. The first-order chi connectivity index (χ1) is 15.2. The molecule has 0 bridgehead atoms. The van der Waals surface area contributed by atoms with Gasteiger partial charge in [0.15, 0.2) is 0 Å². The van der Waals surface area contributed by atoms with Gasteiger partial charge in [-0.25, -0.2) is 9.97 Å². The maximum absolute atomic E-state index is 12.2. The molecule has 0 aliphatic carbocycles. The van der Waals surface area contributed by atoms with Crippen LogP contribution in [0.1, 0.15) is 40.3 Å². The molecule has 5 rings (SSSR count). The van der Waals surface area contributed by atoms with E-state index in [0.29, 0.717) is 24.1 Å². The number of carbonyl (C=O) groups excluding carboxylic acids is 1. The molecule has 2 aromatic rings. The van der Waals surface area contributed by atoms with Crippen LogP contribution in [0, 0.1) is 6.92 Å². The van der Waals surface area contributed by atoms with Gasteiger partial charge < -0.3 is 10.2 Å². The molecule has 0 atom stereocenters. The number of fused-ring (bicyclic) bond motifs is 1. The summed E-state index contributed by atoms with van der Waals surface area (Å²) in [4.78, 5) is 29.0. The summed E-state index contributed by atoms with van der Waals surface area (Å²) in [5.74, 6) is 1.61. The number of benzene rings is 1. The number of nitrogens with one attached hydrogen (secondary N) is 1. The minimum Gasteiger partial charge on any atom is -0.356 e. The number of rotatable bonds is 4. The van der Waals surface area contributed by atoms with E-state index >= 15 is 0 Å². The van der Waals surface area contributed by atoms with Gasteiger partial charge in [-0.05, 0) is 31.7 Å². The first-order valence-electron chi connectivity index (χ1n) is 11.6. The van der Waals surface area contributed by atoms with Gasteiger partial charge in [-0.3, -0.25) is 14.6 Å². The Labute approximate surface area is 184 Å². The molecule has 0 unspecified atom stereocenters. The van der Waals surface area contributed by atoms with Crippen molar-refractivity contribution in [3.05, 3.63) is 53.0 Å². The Morgan fingerprint density at radius 3 is 2.48 bits per heavy atom. The molecule has 1 N–H and O–H groups in total. The predicted molar refractivity (Wildman–Crippen MR) is 121 cm³/mol. The second kappa shape index (κ2) is 8.93. The van der Waals surface area contributed by atoms with Crippen molar-refractivity contribution in [2.75, 3.05) is 50.7 Å². The van der Waals surface area contributed by atoms with Crippen molar-refractivity contribution in [2.45, 2.75) is 38.8 Å². The molecule has 7 nitrogen and oxygen atoms in total. The highest BCUT2D eigenvalue weighted by atomic mass is 16.1. The number of anilines is 1. The van der Waals surface area contributed by atoms with Crippen LogP contribution in [0.15, 0.2) is 30.3 Å². The monoisotopic (exact) mass is 420 g/mol. The summed E-state index contributed by atoms with van der Waals surface area (Å²) in [7, 11) is 0. The van der Waals surface area contributed by atoms with E-state index in [-0.39, 0.29) is 5.91 Å². The fraction of sp³-hybridized carbons (Fsp3) is 0.542. The highest BCUT2D eigenvalue weighted by Gasteiger charge is 2.31. The number of hydrogen-bond acceptors (Lipinski definition) is 6. The number of aromatic nitrogens is 2. The zero-order valence-corrected chi connectivity index (χ0v) is 18.4. The molecule has 1 aromatic heterocycles. The SMILES string of the molecule is Cc1nc2c(c(N3CCC(N4CCN(Cc5ccccc5)CC4)CC3)n1)CCNC2=O. The summed E-state index contributed by atoms with van der Waals surface area (Å²) in [6.07, 6.45) is 3.13. The van der Waals surface area contributed by atoms with Crippen molar-refractivity contribution in [2.24, 2.45) is 0 Å². The quantitative estimate of drug-likeness (QED) is 0.815. The Hall–Kier alpha value is -2.51. The van der Waals surface area contributed by atoms with Crippen LogP contribution in [0.2, 0.25) is 0 Å². The van der Waals surface area contributed by atoms with Crippen LogP contribution in [-0.2, 0) is 13.0 Å². The Balaban J connectivity index is 1.17. The van der Waals surface area contributed by atoms with Gasteiger partial charge in [0.25, 0.3) is 5.91 Å². The third-order valence-electron chi connectivity index (χ3n) is 6.91. The number of carbonyl (C=O) groups is 1. The van der Waals surface area contributed by atoms with E-state index in [1.807, 2.05) is 6.92 Å². The first-order valence-corrected chi connectivity index (χ1v) is 11.6. The normalized spacial score (nSPS) is 21.1. The molecule has 3 aliphatic rings. The van der Waals surface area contributed by atoms with Gasteiger partial charge >= 0.3 is 0 Å². The summed E-state index contributed by atoms with van der Waals surface area (Å²) in [6, 6.07) is 11.4. The van der Waals surface area contributed by atoms with Crippen LogP contribution < -0.4 is 10.2 Å². The van der Waals surface area contributed by atoms with Gasteiger partial charge in [-0.15, -0.1) is 0 Å². The number of nitrogens with zero attached hydrogens (tertiary/aromatic N) is 5. The van der Waals surface area contributed by atoms with Gasteiger partial charge in [0.2, 0.25) is 0 Å². The number of piperazine rings is 1. The number of aryl methyl sites for hydroxylation is 1. The topological polar surface area (TPSA) is 64.6 Å². The van der Waals surface area contributed by atoms with E-state index in [9.17, 15) is 4.79 Å². The first kappa shape index (κ1) is 20.4. The summed E-state index contributed by atoms with van der Waals surface area (Å²) >= 11 is 0. The van der Waals surface area contributed by atoms with Crippen LogP contribution >= 0.6 is 0 Å². The third kappa shape index (κ3) is 4.43. The lowest BCUT2D eigenvalue weighted by Gasteiger charge is -2.43. The highest BCUT2D eigenvalue weighted by Crippen LogP contribution is 2.28. The van der Waals surface area contributed by atoms with Crippen LogP contribution in [0.5, 0.6) is 0 Å². The molecule has 7 heteroatoms. The molecule has 2 fully saturated rings. The van der Waals surface area contributed by atoms with Gasteiger partial charge in [-0.1, -0.05) is 30.3 Å². The second-order valence-corrected chi connectivity index (χ2v) is 8.94. The van der Waals surface area contributed by atoms with E-state index in [1.54, 1.807) is 0 Å². The van der Waals surface area contributed by atoms with Crippen molar-refractivity contribution >= 4 is 11.7 Å². The predicted octanol–water partition coefficient (Wildman–Crippen LogP) is 1.86. The van der Waals surface area contributed by atoms with E-state index in [2.05, 4.69) is 55.3 Å². The van der Waals surface area contributed by atoms with Gasteiger partial charge in [-0.2, -0.15) is 0 Å². The maximum Gasteiger partial charge on any atom is 0.270 e. The molecule has 164 valence electrons. The molecule has 0 saturated carbocycles. The van der Waals surface area contributed by atoms with Crippen molar-refractivity contribution in [3.8, 4) is 0 Å². The summed E-state index contributed by atoms with van der Waals surface area (Å²) < 4.78 is 0. The third-order valence-corrected chi connectivity index (χ3v) is 6.91. The molecule has 1 aromatic carbocycles. The average Bonchev–Trinajstić information content (AvgIpc) is 2.81. The zero-order valence-electron chi connectivity index (χ0n) is 18.4. The van der Waals surface area contributed by atoms with Crippen molar-refractivity contribution in [1.82, 2.24) is 25.1 Å². The van der Waals surface area contributed by atoms with Gasteiger partial charge in [0, 0.05) is 64.0 Å². The molecule has 3 aliphatic heterocycles. The molecule has 0 spiro atoms. The molecule has 2 saturated heterocycles. The molecule has 0 radical (unpaired) electrons. The van der Waals surface area contributed by atoms with E-state index in [1.165, 1.54) is 5.56 Å². The number of amides is 1. The molecule has 4 heterocycles. The van der Waals surface area contributed by atoms with Crippen LogP contribution in [-0.4, -0.2) is 77.5 Å². The van der Waals surface area contributed by atoms with E-state index in [0.717, 1.165) is 76.5 Å². The van der Waals surface area contributed by atoms with Gasteiger partial charge in [0.1, 0.15) is 17.3 Å². The smallest absolute Gasteiger partial charge is 0.270 e. The lowest BCUT2D eigenvalue weighted by Crippen LogP contribution is -2.53. The van der Waals surface area contributed by atoms with E-state index < -0.39 is 0 Å². The molecule has 1 amide bonds.